The van der Waals surface area contributed by atoms with Crippen LogP contribution in [0.2, 0.25) is 0 Å². The monoisotopic (exact) mass is 344 g/mol. The predicted octanol–water partition coefficient (Wildman–Crippen LogP) is 0.655. The summed E-state index contributed by atoms with van der Waals surface area (Å²) >= 11 is 0. The van der Waals surface area contributed by atoms with E-state index in [0.717, 1.165) is 58.7 Å². The summed E-state index contributed by atoms with van der Waals surface area (Å²) in [5.74, 6) is 0.974. The standard InChI is InChI=1S/C19H28N4O2/c24-18-6-5-16(14-23(18)13-15-3-4-15)12-21-8-10-22(11-9-21)19(25)17-2-1-7-20-17/h5-6,14-15,17,20H,1-4,7-13H2/t17-/m1/s1. The van der Waals surface area contributed by atoms with Gasteiger partial charge in [-0.15, -0.1) is 0 Å². The first kappa shape index (κ1) is 16.8. The van der Waals surface area contributed by atoms with Gasteiger partial charge in [0.15, 0.2) is 0 Å². The molecule has 3 aliphatic rings. The molecule has 0 unspecified atom stereocenters. The molecule has 1 N–H and O–H groups in total. The second-order valence-corrected chi connectivity index (χ2v) is 7.72. The Morgan fingerprint density at radius 1 is 1.12 bits per heavy atom. The number of pyridine rings is 1. The molecule has 1 atom stereocenters. The second kappa shape index (κ2) is 7.30. The molecule has 1 aromatic heterocycles. The number of piperazine rings is 1. The van der Waals surface area contributed by atoms with Gasteiger partial charge in [0, 0.05) is 51.5 Å². The van der Waals surface area contributed by atoms with Crippen molar-refractivity contribution >= 4 is 5.91 Å². The number of carbonyl (C=O) groups excluding carboxylic acids is 1. The molecule has 0 spiro atoms. The third-order valence-corrected chi connectivity index (χ3v) is 5.65. The van der Waals surface area contributed by atoms with Crippen LogP contribution in [0.25, 0.3) is 0 Å². The van der Waals surface area contributed by atoms with Gasteiger partial charge in [-0.2, -0.15) is 0 Å². The minimum Gasteiger partial charge on any atom is -0.339 e. The van der Waals surface area contributed by atoms with Gasteiger partial charge >= 0.3 is 0 Å². The lowest BCUT2D eigenvalue weighted by atomic mass is 10.1. The molecule has 1 aliphatic carbocycles. The molecule has 0 bridgehead atoms. The van der Waals surface area contributed by atoms with E-state index >= 15 is 0 Å². The van der Waals surface area contributed by atoms with Crippen LogP contribution in [0.4, 0.5) is 0 Å². The highest BCUT2D eigenvalue weighted by molar-refractivity contribution is 5.82. The number of nitrogens with one attached hydrogen (secondary N) is 1. The van der Waals surface area contributed by atoms with Crippen LogP contribution in [-0.2, 0) is 17.9 Å². The van der Waals surface area contributed by atoms with Crippen LogP contribution in [0.5, 0.6) is 0 Å². The second-order valence-electron chi connectivity index (χ2n) is 7.72. The van der Waals surface area contributed by atoms with Crippen LogP contribution in [0.15, 0.2) is 23.1 Å². The van der Waals surface area contributed by atoms with Crippen molar-refractivity contribution in [2.45, 2.75) is 44.8 Å². The number of nitrogens with zero attached hydrogens (tertiary/aromatic N) is 3. The Bertz CT molecular complexity index is 668. The van der Waals surface area contributed by atoms with E-state index < -0.39 is 0 Å². The Morgan fingerprint density at radius 2 is 1.92 bits per heavy atom. The normalized spacial score (nSPS) is 24.6. The number of amides is 1. The summed E-state index contributed by atoms with van der Waals surface area (Å²) in [7, 11) is 0. The molecule has 3 fully saturated rings. The minimum absolute atomic E-state index is 0.0394. The molecule has 6 nitrogen and oxygen atoms in total. The third-order valence-electron chi connectivity index (χ3n) is 5.65. The van der Waals surface area contributed by atoms with E-state index in [2.05, 4.69) is 10.2 Å². The summed E-state index contributed by atoms with van der Waals surface area (Å²) < 4.78 is 1.87. The first-order chi connectivity index (χ1) is 12.2. The predicted molar refractivity (Wildman–Crippen MR) is 96.3 cm³/mol. The van der Waals surface area contributed by atoms with Gasteiger partial charge in [-0.1, -0.05) is 6.07 Å². The number of rotatable bonds is 5. The molecule has 4 rings (SSSR count). The van der Waals surface area contributed by atoms with Crippen LogP contribution in [0.3, 0.4) is 0 Å². The van der Waals surface area contributed by atoms with E-state index in [1.807, 2.05) is 21.7 Å². The van der Waals surface area contributed by atoms with Crippen molar-refractivity contribution in [2.24, 2.45) is 5.92 Å². The Kier molecular flexibility index (Phi) is 4.90. The molecule has 1 amide bonds. The quantitative estimate of drug-likeness (QED) is 0.852. The fourth-order valence-corrected chi connectivity index (χ4v) is 3.90. The summed E-state index contributed by atoms with van der Waals surface area (Å²) in [6.45, 7) is 6.10. The van der Waals surface area contributed by atoms with Gasteiger partial charge in [0.25, 0.3) is 5.56 Å². The lowest BCUT2D eigenvalue weighted by Gasteiger charge is -2.36. The largest absolute Gasteiger partial charge is 0.339 e. The van der Waals surface area contributed by atoms with Crippen LogP contribution in [-0.4, -0.2) is 59.0 Å². The number of hydrogen-bond acceptors (Lipinski definition) is 4. The lowest BCUT2D eigenvalue weighted by Crippen LogP contribution is -2.52. The maximum Gasteiger partial charge on any atom is 0.250 e. The zero-order valence-electron chi connectivity index (χ0n) is 14.8. The van der Waals surface area contributed by atoms with Crippen molar-refractivity contribution in [1.82, 2.24) is 19.7 Å². The summed E-state index contributed by atoms with van der Waals surface area (Å²) in [5.41, 5.74) is 1.30. The first-order valence-corrected chi connectivity index (χ1v) is 9.63. The number of carbonyl (C=O) groups is 1. The van der Waals surface area contributed by atoms with Gasteiger partial charge < -0.3 is 14.8 Å². The highest BCUT2D eigenvalue weighted by Gasteiger charge is 2.29. The van der Waals surface area contributed by atoms with Crippen molar-refractivity contribution in [1.29, 1.82) is 0 Å². The molecule has 0 radical (unpaired) electrons. The van der Waals surface area contributed by atoms with E-state index in [1.54, 1.807) is 6.07 Å². The van der Waals surface area contributed by atoms with Crippen LogP contribution in [0, 0.1) is 5.92 Å². The van der Waals surface area contributed by atoms with Crippen LogP contribution < -0.4 is 10.9 Å². The smallest absolute Gasteiger partial charge is 0.250 e. The molecule has 1 saturated carbocycles. The summed E-state index contributed by atoms with van der Waals surface area (Å²) in [5, 5.41) is 3.30. The van der Waals surface area contributed by atoms with Crippen LogP contribution >= 0.6 is 0 Å². The Labute approximate surface area is 148 Å². The van der Waals surface area contributed by atoms with E-state index in [4.69, 9.17) is 0 Å². The fourth-order valence-electron chi connectivity index (χ4n) is 3.90. The topological polar surface area (TPSA) is 57.6 Å². The average molecular weight is 344 g/mol. The van der Waals surface area contributed by atoms with Gasteiger partial charge in [0.2, 0.25) is 5.91 Å². The summed E-state index contributed by atoms with van der Waals surface area (Å²) in [6.07, 6.45) is 6.61. The zero-order valence-corrected chi connectivity index (χ0v) is 14.8. The van der Waals surface area contributed by atoms with Crippen molar-refractivity contribution < 1.29 is 4.79 Å². The third kappa shape index (κ3) is 4.12. The highest BCUT2D eigenvalue weighted by atomic mass is 16.2. The number of aromatic nitrogens is 1. The molecule has 2 aliphatic heterocycles. The Hall–Kier alpha value is -1.66. The molecular weight excluding hydrogens is 316 g/mol. The molecule has 136 valence electrons. The molecule has 0 aromatic carbocycles. The van der Waals surface area contributed by atoms with Crippen LogP contribution in [0.1, 0.15) is 31.2 Å². The Morgan fingerprint density at radius 3 is 2.60 bits per heavy atom. The fraction of sp³-hybridized carbons (Fsp3) is 0.684. The highest BCUT2D eigenvalue weighted by Crippen LogP contribution is 2.30. The molecular formula is C19H28N4O2. The molecule has 1 aromatic rings. The van der Waals surface area contributed by atoms with Gasteiger partial charge in [0.1, 0.15) is 0 Å². The van der Waals surface area contributed by atoms with Crippen molar-refractivity contribution in [2.75, 3.05) is 32.7 Å². The van der Waals surface area contributed by atoms with Crippen molar-refractivity contribution in [3.05, 3.63) is 34.2 Å². The van der Waals surface area contributed by atoms with Crippen molar-refractivity contribution in [3.8, 4) is 0 Å². The summed E-state index contributed by atoms with van der Waals surface area (Å²) in [6, 6.07) is 3.69. The van der Waals surface area contributed by atoms with E-state index in [9.17, 15) is 9.59 Å². The van der Waals surface area contributed by atoms with E-state index in [1.165, 1.54) is 18.4 Å². The summed E-state index contributed by atoms with van der Waals surface area (Å²) in [4.78, 5) is 28.8. The maximum atomic E-state index is 12.5. The van der Waals surface area contributed by atoms with Gasteiger partial charge in [-0.25, -0.2) is 0 Å². The maximum absolute atomic E-state index is 12.5. The SMILES string of the molecule is O=C([C@H]1CCCN1)N1CCN(Cc2ccc(=O)n(CC3CC3)c2)CC1. The van der Waals surface area contributed by atoms with Gasteiger partial charge in [-0.3, -0.25) is 14.5 Å². The minimum atomic E-state index is 0.0394. The molecule has 3 heterocycles. The lowest BCUT2D eigenvalue weighted by molar-refractivity contribution is -0.134. The average Bonchev–Trinajstić information content (AvgIpc) is 3.27. The first-order valence-electron chi connectivity index (χ1n) is 9.63. The molecule has 6 heteroatoms. The van der Waals surface area contributed by atoms with E-state index in [0.29, 0.717) is 5.92 Å². The van der Waals surface area contributed by atoms with Gasteiger partial charge in [0.05, 0.1) is 6.04 Å². The van der Waals surface area contributed by atoms with Gasteiger partial charge in [-0.05, 0) is 43.7 Å². The zero-order chi connectivity index (χ0) is 17.2. The molecule has 25 heavy (non-hydrogen) atoms. The number of hydrogen-bond donors (Lipinski definition) is 1. The molecule has 2 saturated heterocycles. The van der Waals surface area contributed by atoms with E-state index in [-0.39, 0.29) is 17.5 Å². The van der Waals surface area contributed by atoms with Crippen molar-refractivity contribution in [3.63, 3.8) is 0 Å². The Balaban J connectivity index is 1.31.